The number of ether oxygens (including phenoxy) is 2. The van der Waals surface area contributed by atoms with Crippen LogP contribution in [-0.2, 0) is 25.5 Å². The van der Waals surface area contributed by atoms with Gasteiger partial charge >= 0.3 is 12.1 Å². The van der Waals surface area contributed by atoms with Crippen LogP contribution in [0.2, 0.25) is 5.02 Å². The third kappa shape index (κ3) is 6.23. The van der Waals surface area contributed by atoms with E-state index in [9.17, 15) is 14.4 Å². The second-order valence-electron chi connectivity index (χ2n) is 8.05. The van der Waals surface area contributed by atoms with Gasteiger partial charge in [-0.1, -0.05) is 23.7 Å². The number of ketones is 1. The summed E-state index contributed by atoms with van der Waals surface area (Å²) in [4.78, 5) is 39.1. The molecule has 2 rings (SSSR count). The van der Waals surface area contributed by atoms with Gasteiger partial charge in [-0.2, -0.15) is 0 Å². The van der Waals surface area contributed by atoms with E-state index >= 15 is 0 Å². The lowest BCUT2D eigenvalue weighted by molar-refractivity contribution is -0.147. The summed E-state index contributed by atoms with van der Waals surface area (Å²) in [7, 11) is 1.31. The van der Waals surface area contributed by atoms with Gasteiger partial charge in [-0.05, 0) is 57.7 Å². The monoisotopic (exact) mass is 409 g/mol. The van der Waals surface area contributed by atoms with E-state index in [-0.39, 0.29) is 12.2 Å². The van der Waals surface area contributed by atoms with Crippen molar-refractivity contribution in [1.82, 2.24) is 4.90 Å². The summed E-state index contributed by atoms with van der Waals surface area (Å²) >= 11 is 5.90. The zero-order valence-electron chi connectivity index (χ0n) is 16.9. The molecule has 2 atom stereocenters. The van der Waals surface area contributed by atoms with Gasteiger partial charge in [-0.3, -0.25) is 14.5 Å². The van der Waals surface area contributed by atoms with Gasteiger partial charge in [0.1, 0.15) is 5.60 Å². The summed E-state index contributed by atoms with van der Waals surface area (Å²) in [5.74, 6) is -1.20. The van der Waals surface area contributed by atoms with Crippen LogP contribution < -0.4 is 0 Å². The highest BCUT2D eigenvalue weighted by Crippen LogP contribution is 2.25. The molecule has 7 heteroatoms. The van der Waals surface area contributed by atoms with E-state index in [0.29, 0.717) is 24.4 Å². The molecule has 1 aromatic carbocycles. The quantitative estimate of drug-likeness (QED) is 0.663. The molecule has 6 nitrogen and oxygen atoms in total. The highest BCUT2D eigenvalue weighted by molar-refractivity contribution is 6.30. The average Bonchev–Trinajstić information content (AvgIpc) is 3.11. The lowest BCUT2D eigenvalue weighted by Crippen LogP contribution is -2.44. The molecule has 1 amide bonds. The smallest absolute Gasteiger partial charge is 0.410 e. The van der Waals surface area contributed by atoms with Crippen LogP contribution in [0.3, 0.4) is 0 Å². The molecule has 154 valence electrons. The first-order valence-electron chi connectivity index (χ1n) is 9.45. The number of esters is 1. The van der Waals surface area contributed by atoms with Gasteiger partial charge in [0, 0.05) is 18.0 Å². The normalized spacial score (nSPS) is 17.9. The minimum Gasteiger partial charge on any atom is -0.469 e. The molecule has 1 aliphatic rings. The first kappa shape index (κ1) is 22.2. The fraction of sp³-hybridized carbons (Fsp3) is 0.571. The van der Waals surface area contributed by atoms with Crippen LogP contribution in [0, 0.1) is 5.92 Å². The van der Waals surface area contributed by atoms with E-state index in [1.54, 1.807) is 32.9 Å². The van der Waals surface area contributed by atoms with Crippen LogP contribution >= 0.6 is 11.6 Å². The molecule has 0 N–H and O–H groups in total. The number of benzene rings is 1. The van der Waals surface area contributed by atoms with Crippen LogP contribution in [0.1, 0.15) is 45.6 Å². The summed E-state index contributed by atoms with van der Waals surface area (Å²) in [6.07, 6.45) is 1.20. The number of halogens is 1. The third-order valence-electron chi connectivity index (χ3n) is 4.63. The number of Topliss-reactive ketones (excluding diaryl/α,β-unsaturated/α-hetero) is 1. The minimum absolute atomic E-state index is 0.0132. The molecule has 0 bridgehead atoms. The summed E-state index contributed by atoms with van der Waals surface area (Å²) in [6, 6.07) is 6.58. The Labute approximate surface area is 171 Å². The lowest BCUT2D eigenvalue weighted by atomic mass is 9.91. The molecule has 1 unspecified atom stereocenters. The Balaban J connectivity index is 2.08. The molecule has 0 spiro atoms. The highest BCUT2D eigenvalue weighted by atomic mass is 35.5. The Morgan fingerprint density at radius 2 is 1.86 bits per heavy atom. The summed E-state index contributed by atoms with van der Waals surface area (Å²) in [5, 5.41) is 0.605. The highest BCUT2D eigenvalue weighted by Gasteiger charge is 2.38. The third-order valence-corrected chi connectivity index (χ3v) is 4.88. The van der Waals surface area contributed by atoms with Crippen molar-refractivity contribution >= 4 is 29.4 Å². The van der Waals surface area contributed by atoms with E-state index in [1.807, 2.05) is 12.1 Å². The molecular weight excluding hydrogens is 382 g/mol. The molecule has 0 aliphatic carbocycles. The Morgan fingerprint density at radius 3 is 2.43 bits per heavy atom. The molecule has 1 heterocycles. The predicted molar refractivity (Wildman–Crippen MR) is 106 cm³/mol. The van der Waals surface area contributed by atoms with Crippen molar-refractivity contribution in [3.8, 4) is 0 Å². The van der Waals surface area contributed by atoms with Crippen LogP contribution in [-0.4, -0.2) is 48.0 Å². The predicted octanol–water partition coefficient (Wildman–Crippen LogP) is 4.03. The number of hydrogen-bond donors (Lipinski definition) is 0. The van der Waals surface area contributed by atoms with Crippen molar-refractivity contribution < 1.29 is 23.9 Å². The molecule has 1 aromatic rings. The number of amides is 1. The van der Waals surface area contributed by atoms with E-state index < -0.39 is 29.6 Å². The van der Waals surface area contributed by atoms with Crippen molar-refractivity contribution in [3.63, 3.8) is 0 Å². The Morgan fingerprint density at radius 1 is 1.21 bits per heavy atom. The zero-order valence-corrected chi connectivity index (χ0v) is 17.6. The van der Waals surface area contributed by atoms with E-state index in [0.717, 1.165) is 12.0 Å². The fourth-order valence-electron chi connectivity index (χ4n) is 3.33. The van der Waals surface area contributed by atoms with Crippen LogP contribution in [0.4, 0.5) is 4.79 Å². The molecule has 0 radical (unpaired) electrons. The van der Waals surface area contributed by atoms with Crippen LogP contribution in [0.15, 0.2) is 24.3 Å². The maximum absolute atomic E-state index is 12.9. The number of hydrogen-bond acceptors (Lipinski definition) is 5. The van der Waals surface area contributed by atoms with Crippen molar-refractivity contribution in [2.24, 2.45) is 5.92 Å². The Kier molecular flexibility index (Phi) is 7.47. The second-order valence-corrected chi connectivity index (χ2v) is 8.49. The van der Waals surface area contributed by atoms with E-state index in [4.69, 9.17) is 21.1 Å². The Hall–Kier alpha value is -2.08. The van der Waals surface area contributed by atoms with Crippen molar-refractivity contribution in [2.45, 2.75) is 58.1 Å². The molecular formula is C21H28ClNO5. The van der Waals surface area contributed by atoms with Gasteiger partial charge in [-0.15, -0.1) is 0 Å². The van der Waals surface area contributed by atoms with Crippen molar-refractivity contribution in [2.75, 3.05) is 13.7 Å². The number of carbonyl (C=O) groups excluding carboxylic acids is 3. The maximum Gasteiger partial charge on any atom is 0.410 e. The number of rotatable bonds is 6. The average molecular weight is 410 g/mol. The number of likely N-dealkylation sites (tertiary alicyclic amines) is 1. The molecule has 1 aliphatic heterocycles. The number of nitrogens with zero attached hydrogens (tertiary/aromatic N) is 1. The van der Waals surface area contributed by atoms with Crippen LogP contribution in [0.5, 0.6) is 0 Å². The molecule has 0 aromatic heterocycles. The van der Waals surface area contributed by atoms with Crippen LogP contribution in [0.25, 0.3) is 0 Å². The summed E-state index contributed by atoms with van der Waals surface area (Å²) in [6.45, 7) is 5.84. The SMILES string of the molecule is COC(=O)C(CC(=O)[C@@H]1CCCN1C(=O)OC(C)(C)C)Cc1ccc(Cl)cc1. The number of methoxy groups -OCH3 is 1. The summed E-state index contributed by atoms with van der Waals surface area (Å²) < 4.78 is 10.3. The van der Waals surface area contributed by atoms with E-state index in [2.05, 4.69) is 0 Å². The zero-order chi connectivity index (χ0) is 20.9. The van der Waals surface area contributed by atoms with Gasteiger partial charge in [0.2, 0.25) is 0 Å². The first-order chi connectivity index (χ1) is 13.1. The molecule has 0 saturated carbocycles. The van der Waals surface area contributed by atoms with Crippen molar-refractivity contribution in [3.05, 3.63) is 34.9 Å². The molecule has 1 fully saturated rings. The van der Waals surface area contributed by atoms with Gasteiger partial charge in [0.05, 0.1) is 19.1 Å². The minimum atomic E-state index is -0.629. The standard InChI is InChI=1S/C21H28ClNO5/c1-21(2,3)28-20(26)23-11-5-6-17(23)18(24)13-15(19(25)27-4)12-14-7-9-16(22)10-8-14/h7-10,15,17H,5-6,11-13H2,1-4H3/t15?,17-/m0/s1. The number of carbonyl (C=O) groups is 3. The van der Waals surface area contributed by atoms with Gasteiger partial charge in [-0.25, -0.2) is 4.79 Å². The van der Waals surface area contributed by atoms with Gasteiger partial charge < -0.3 is 9.47 Å². The largest absolute Gasteiger partial charge is 0.469 e. The first-order valence-corrected chi connectivity index (χ1v) is 9.83. The maximum atomic E-state index is 12.9. The van der Waals surface area contributed by atoms with Gasteiger partial charge in [0.15, 0.2) is 5.78 Å². The van der Waals surface area contributed by atoms with Crippen molar-refractivity contribution in [1.29, 1.82) is 0 Å². The van der Waals surface area contributed by atoms with E-state index in [1.165, 1.54) is 12.0 Å². The molecule has 28 heavy (non-hydrogen) atoms. The molecule has 1 saturated heterocycles. The van der Waals surface area contributed by atoms with Gasteiger partial charge in [0.25, 0.3) is 0 Å². The fourth-order valence-corrected chi connectivity index (χ4v) is 3.46. The second kappa shape index (κ2) is 9.41. The Bertz CT molecular complexity index is 711. The topological polar surface area (TPSA) is 72.9 Å². The summed E-state index contributed by atoms with van der Waals surface area (Å²) in [5.41, 5.74) is 0.263. The lowest BCUT2D eigenvalue weighted by Gasteiger charge is -2.28.